The Hall–Kier alpha value is -1.99. The summed E-state index contributed by atoms with van der Waals surface area (Å²) in [6.45, 7) is 0. The van der Waals surface area contributed by atoms with Crippen LogP contribution in [0.3, 0.4) is 0 Å². The first-order valence-corrected chi connectivity index (χ1v) is 7.37. The SMILES string of the molecule is COc1ccc(N)cc1S(=O)(=O)Nc1cccnc1Cl. The first-order chi connectivity index (χ1) is 9.44. The van der Waals surface area contributed by atoms with E-state index in [1.54, 1.807) is 12.1 Å². The van der Waals surface area contributed by atoms with Gasteiger partial charge in [-0.3, -0.25) is 4.72 Å². The van der Waals surface area contributed by atoms with Gasteiger partial charge >= 0.3 is 0 Å². The molecule has 0 aliphatic carbocycles. The molecule has 0 atom stereocenters. The molecule has 1 aromatic carbocycles. The Morgan fingerprint density at radius 2 is 2.10 bits per heavy atom. The molecule has 1 heterocycles. The number of aromatic nitrogens is 1. The van der Waals surface area contributed by atoms with Crippen molar-refractivity contribution in [3.05, 3.63) is 41.7 Å². The van der Waals surface area contributed by atoms with Crippen LogP contribution in [-0.4, -0.2) is 20.5 Å². The number of ether oxygens (including phenoxy) is 1. The lowest BCUT2D eigenvalue weighted by atomic mass is 10.3. The Balaban J connectivity index is 2.46. The van der Waals surface area contributed by atoms with Crippen LogP contribution in [-0.2, 0) is 10.0 Å². The van der Waals surface area contributed by atoms with E-state index in [4.69, 9.17) is 22.1 Å². The minimum atomic E-state index is -3.88. The Bertz CT molecular complexity index is 734. The molecule has 1 aromatic heterocycles. The molecular weight excluding hydrogens is 302 g/mol. The number of nitrogens with two attached hydrogens (primary N) is 1. The van der Waals surface area contributed by atoms with Gasteiger partial charge in [-0.15, -0.1) is 0 Å². The zero-order chi connectivity index (χ0) is 14.8. The number of hydrogen-bond donors (Lipinski definition) is 2. The fourth-order valence-electron chi connectivity index (χ4n) is 1.57. The maximum absolute atomic E-state index is 12.4. The third kappa shape index (κ3) is 2.94. The molecule has 0 spiro atoms. The molecule has 20 heavy (non-hydrogen) atoms. The van der Waals surface area contributed by atoms with Gasteiger partial charge < -0.3 is 10.5 Å². The summed E-state index contributed by atoms with van der Waals surface area (Å²) in [5, 5.41) is 0.0546. The summed E-state index contributed by atoms with van der Waals surface area (Å²) in [4.78, 5) is 3.73. The lowest BCUT2D eigenvalue weighted by Gasteiger charge is -2.12. The predicted octanol–water partition coefficient (Wildman–Crippen LogP) is 2.13. The van der Waals surface area contributed by atoms with Crippen LogP contribution in [0.5, 0.6) is 5.75 Å². The molecule has 106 valence electrons. The first-order valence-electron chi connectivity index (χ1n) is 5.51. The molecule has 0 aliphatic rings. The average molecular weight is 314 g/mol. The van der Waals surface area contributed by atoms with E-state index >= 15 is 0 Å². The topological polar surface area (TPSA) is 94.3 Å². The van der Waals surface area contributed by atoms with Crippen LogP contribution in [0.25, 0.3) is 0 Å². The molecule has 0 fully saturated rings. The third-order valence-electron chi connectivity index (χ3n) is 2.48. The summed E-state index contributed by atoms with van der Waals surface area (Å²) in [7, 11) is -2.50. The molecule has 2 aromatic rings. The van der Waals surface area contributed by atoms with Gasteiger partial charge in [-0.25, -0.2) is 13.4 Å². The normalized spacial score (nSPS) is 11.1. The first kappa shape index (κ1) is 14.4. The highest BCUT2D eigenvalue weighted by Crippen LogP contribution is 2.29. The van der Waals surface area contributed by atoms with Crippen LogP contribution in [0.1, 0.15) is 0 Å². The minimum absolute atomic E-state index is 0.0546. The smallest absolute Gasteiger partial charge is 0.265 e. The van der Waals surface area contributed by atoms with Gasteiger partial charge in [0, 0.05) is 11.9 Å². The predicted molar refractivity (Wildman–Crippen MR) is 77.5 cm³/mol. The number of anilines is 2. The molecule has 0 saturated carbocycles. The van der Waals surface area contributed by atoms with Crippen molar-refractivity contribution in [3.63, 3.8) is 0 Å². The summed E-state index contributed by atoms with van der Waals surface area (Å²) in [5.74, 6) is 0.187. The number of nitrogens with one attached hydrogen (secondary N) is 1. The lowest BCUT2D eigenvalue weighted by Crippen LogP contribution is -2.15. The van der Waals surface area contributed by atoms with Gasteiger partial charge in [-0.05, 0) is 30.3 Å². The molecule has 0 radical (unpaired) electrons. The fourth-order valence-corrected chi connectivity index (χ4v) is 3.06. The van der Waals surface area contributed by atoms with Crippen LogP contribution in [0.2, 0.25) is 5.15 Å². The quantitative estimate of drug-likeness (QED) is 0.666. The third-order valence-corrected chi connectivity index (χ3v) is 4.17. The van der Waals surface area contributed by atoms with Crippen LogP contribution >= 0.6 is 11.6 Å². The number of nitrogens with zero attached hydrogens (tertiary/aromatic N) is 1. The highest BCUT2D eigenvalue weighted by atomic mass is 35.5. The highest BCUT2D eigenvalue weighted by Gasteiger charge is 2.21. The number of nitrogen functional groups attached to an aromatic ring is 1. The van der Waals surface area contributed by atoms with Crippen LogP contribution in [0.4, 0.5) is 11.4 Å². The number of rotatable bonds is 4. The lowest BCUT2D eigenvalue weighted by molar-refractivity contribution is 0.403. The number of pyridine rings is 1. The highest BCUT2D eigenvalue weighted by molar-refractivity contribution is 7.92. The van der Waals surface area contributed by atoms with Crippen molar-refractivity contribution in [2.75, 3.05) is 17.6 Å². The number of hydrogen-bond acceptors (Lipinski definition) is 5. The molecule has 0 aliphatic heterocycles. The molecule has 0 bridgehead atoms. The second-order valence-corrected chi connectivity index (χ2v) is 5.87. The molecular formula is C12H12ClN3O3S. The molecule has 0 amide bonds. The summed E-state index contributed by atoms with van der Waals surface area (Å²) in [5.41, 5.74) is 6.10. The average Bonchev–Trinajstić information content (AvgIpc) is 2.41. The van der Waals surface area contributed by atoms with E-state index in [1.165, 1.54) is 31.5 Å². The standard InChI is InChI=1S/C12H12ClN3O3S/c1-19-10-5-4-8(14)7-11(10)20(17,18)16-9-3-2-6-15-12(9)13/h2-7,16H,14H2,1H3. The van der Waals surface area contributed by atoms with Gasteiger partial charge in [0.1, 0.15) is 10.6 Å². The van der Waals surface area contributed by atoms with Crippen molar-refractivity contribution in [1.82, 2.24) is 4.98 Å². The Morgan fingerprint density at radius 3 is 2.75 bits per heavy atom. The largest absolute Gasteiger partial charge is 0.495 e. The summed E-state index contributed by atoms with van der Waals surface area (Å²) in [6.07, 6.45) is 1.46. The van der Waals surface area contributed by atoms with Crippen molar-refractivity contribution in [1.29, 1.82) is 0 Å². The minimum Gasteiger partial charge on any atom is -0.495 e. The molecule has 6 nitrogen and oxygen atoms in total. The van der Waals surface area contributed by atoms with E-state index in [1.807, 2.05) is 0 Å². The van der Waals surface area contributed by atoms with E-state index in [0.29, 0.717) is 5.69 Å². The van der Waals surface area contributed by atoms with E-state index in [0.717, 1.165) is 0 Å². The van der Waals surface area contributed by atoms with E-state index in [-0.39, 0.29) is 21.5 Å². The number of sulfonamides is 1. The second-order valence-electron chi connectivity index (χ2n) is 3.86. The van der Waals surface area contributed by atoms with Crippen molar-refractivity contribution in [2.24, 2.45) is 0 Å². The van der Waals surface area contributed by atoms with Crippen LogP contribution in [0.15, 0.2) is 41.4 Å². The fraction of sp³-hybridized carbons (Fsp3) is 0.0833. The van der Waals surface area contributed by atoms with Gasteiger partial charge in [-0.1, -0.05) is 11.6 Å². The van der Waals surface area contributed by atoms with E-state index in [9.17, 15) is 8.42 Å². The van der Waals surface area contributed by atoms with Gasteiger partial charge in [0.15, 0.2) is 5.15 Å². The van der Waals surface area contributed by atoms with Gasteiger partial charge in [0.25, 0.3) is 10.0 Å². The van der Waals surface area contributed by atoms with E-state index in [2.05, 4.69) is 9.71 Å². The zero-order valence-electron chi connectivity index (χ0n) is 10.5. The second kappa shape index (κ2) is 5.56. The maximum Gasteiger partial charge on any atom is 0.265 e. The Morgan fingerprint density at radius 1 is 1.35 bits per heavy atom. The maximum atomic E-state index is 12.4. The van der Waals surface area contributed by atoms with Crippen molar-refractivity contribution in [2.45, 2.75) is 4.90 Å². The summed E-state index contributed by atoms with van der Waals surface area (Å²) in [6, 6.07) is 7.42. The number of halogens is 1. The molecule has 2 rings (SSSR count). The zero-order valence-corrected chi connectivity index (χ0v) is 12.1. The molecule has 0 unspecified atom stereocenters. The van der Waals surface area contributed by atoms with Crippen LogP contribution < -0.4 is 15.2 Å². The Labute approximate surface area is 121 Å². The van der Waals surface area contributed by atoms with Gasteiger partial charge in [0.2, 0.25) is 0 Å². The molecule has 8 heteroatoms. The number of benzene rings is 1. The van der Waals surface area contributed by atoms with Crippen molar-refractivity contribution >= 4 is 33.0 Å². The van der Waals surface area contributed by atoms with Crippen molar-refractivity contribution in [3.8, 4) is 5.75 Å². The summed E-state index contributed by atoms with van der Waals surface area (Å²) < 4.78 is 32.1. The van der Waals surface area contributed by atoms with Crippen molar-refractivity contribution < 1.29 is 13.2 Å². The van der Waals surface area contributed by atoms with E-state index < -0.39 is 10.0 Å². The summed E-state index contributed by atoms with van der Waals surface area (Å²) >= 11 is 5.83. The van der Waals surface area contributed by atoms with Crippen LogP contribution in [0, 0.1) is 0 Å². The number of methoxy groups -OCH3 is 1. The van der Waals surface area contributed by atoms with Gasteiger partial charge in [-0.2, -0.15) is 0 Å². The molecule has 3 N–H and O–H groups in total. The van der Waals surface area contributed by atoms with Gasteiger partial charge in [0.05, 0.1) is 12.8 Å². The monoisotopic (exact) mass is 313 g/mol. The molecule has 0 saturated heterocycles. The Kier molecular flexibility index (Phi) is 4.01.